The Morgan fingerprint density at radius 3 is 3.08 bits per heavy atom. The van der Waals surface area contributed by atoms with Gasteiger partial charge in [0.2, 0.25) is 0 Å². The largest absolute Gasteiger partial charge is 0.458 e. The summed E-state index contributed by atoms with van der Waals surface area (Å²) in [7, 11) is 0. The van der Waals surface area contributed by atoms with Crippen LogP contribution in [0.5, 0.6) is 0 Å². The van der Waals surface area contributed by atoms with Gasteiger partial charge in [-0.1, -0.05) is 18.2 Å². The molecule has 12 heavy (non-hydrogen) atoms. The van der Waals surface area contributed by atoms with E-state index in [0.29, 0.717) is 0 Å². The summed E-state index contributed by atoms with van der Waals surface area (Å²) in [5, 5.41) is 0. The molecule has 0 N–H and O–H groups in total. The lowest BCUT2D eigenvalue weighted by molar-refractivity contribution is -0.144. The topological polar surface area (TPSA) is 26.3 Å². The first-order valence-electron chi connectivity index (χ1n) is 4.29. The second kappa shape index (κ2) is 4.75. The summed E-state index contributed by atoms with van der Waals surface area (Å²) in [5.41, 5.74) is 0. The van der Waals surface area contributed by atoms with Crippen LogP contribution in [-0.4, -0.2) is 12.1 Å². The lowest BCUT2D eigenvalue weighted by Crippen LogP contribution is -2.13. The van der Waals surface area contributed by atoms with Gasteiger partial charge in [-0.15, -0.1) is 0 Å². The van der Waals surface area contributed by atoms with Crippen LogP contribution in [0.1, 0.15) is 26.2 Å². The standard InChI is InChI=1S/C10H14O2/c1-9(11)12-10-7-5-3-2-4-6-8-10/h2-3,5,7,10H,4,6,8H2,1H3. The van der Waals surface area contributed by atoms with Gasteiger partial charge in [0.1, 0.15) is 6.10 Å². The number of esters is 1. The van der Waals surface area contributed by atoms with Crippen LogP contribution in [-0.2, 0) is 9.53 Å². The summed E-state index contributed by atoms with van der Waals surface area (Å²) in [6.07, 6.45) is 11.0. The van der Waals surface area contributed by atoms with Crippen LogP contribution in [0.4, 0.5) is 0 Å². The molecular weight excluding hydrogens is 152 g/mol. The first-order chi connectivity index (χ1) is 5.79. The van der Waals surface area contributed by atoms with E-state index < -0.39 is 0 Å². The van der Waals surface area contributed by atoms with Crippen molar-refractivity contribution >= 4 is 5.97 Å². The van der Waals surface area contributed by atoms with E-state index in [4.69, 9.17) is 4.74 Å². The Morgan fingerprint density at radius 1 is 1.50 bits per heavy atom. The average molecular weight is 166 g/mol. The van der Waals surface area contributed by atoms with Crippen molar-refractivity contribution in [3.8, 4) is 0 Å². The number of hydrogen-bond donors (Lipinski definition) is 0. The lowest BCUT2D eigenvalue weighted by atomic mass is 10.1. The van der Waals surface area contributed by atoms with Crippen LogP contribution in [0.15, 0.2) is 24.3 Å². The molecule has 1 unspecified atom stereocenters. The maximum Gasteiger partial charge on any atom is 0.303 e. The Morgan fingerprint density at radius 2 is 2.33 bits per heavy atom. The van der Waals surface area contributed by atoms with Gasteiger partial charge in [0.05, 0.1) is 0 Å². The predicted molar refractivity (Wildman–Crippen MR) is 47.7 cm³/mol. The van der Waals surface area contributed by atoms with Crippen molar-refractivity contribution in [2.45, 2.75) is 32.3 Å². The van der Waals surface area contributed by atoms with E-state index in [1.165, 1.54) is 6.92 Å². The number of carbonyl (C=O) groups is 1. The summed E-state index contributed by atoms with van der Waals surface area (Å²) in [4.78, 5) is 10.6. The minimum absolute atomic E-state index is 0.0209. The molecule has 0 aliphatic heterocycles. The molecule has 0 aromatic rings. The molecule has 66 valence electrons. The summed E-state index contributed by atoms with van der Waals surface area (Å²) in [5.74, 6) is -0.200. The smallest absolute Gasteiger partial charge is 0.303 e. The van der Waals surface area contributed by atoms with Crippen molar-refractivity contribution < 1.29 is 9.53 Å². The molecule has 1 atom stereocenters. The highest BCUT2D eigenvalue weighted by atomic mass is 16.5. The van der Waals surface area contributed by atoms with Crippen LogP contribution in [0.25, 0.3) is 0 Å². The zero-order valence-electron chi connectivity index (χ0n) is 7.32. The number of hydrogen-bond acceptors (Lipinski definition) is 2. The summed E-state index contributed by atoms with van der Waals surface area (Å²) in [6, 6.07) is 0. The van der Waals surface area contributed by atoms with Gasteiger partial charge < -0.3 is 4.74 Å². The molecule has 0 amide bonds. The van der Waals surface area contributed by atoms with E-state index in [2.05, 4.69) is 6.08 Å². The predicted octanol–water partition coefficient (Wildman–Crippen LogP) is 2.21. The van der Waals surface area contributed by atoms with Crippen molar-refractivity contribution in [1.29, 1.82) is 0 Å². The normalized spacial score (nSPS) is 22.9. The monoisotopic (exact) mass is 166 g/mol. The van der Waals surface area contributed by atoms with E-state index in [1.54, 1.807) is 0 Å². The molecule has 0 aromatic heterocycles. The van der Waals surface area contributed by atoms with Crippen molar-refractivity contribution in [2.24, 2.45) is 0 Å². The first-order valence-corrected chi connectivity index (χ1v) is 4.29. The number of carbonyl (C=O) groups excluding carboxylic acids is 1. The van der Waals surface area contributed by atoms with Gasteiger partial charge in [-0.25, -0.2) is 0 Å². The third kappa shape index (κ3) is 3.37. The van der Waals surface area contributed by atoms with Crippen LogP contribution < -0.4 is 0 Å². The average Bonchev–Trinajstić information content (AvgIpc) is 1.93. The van der Waals surface area contributed by atoms with Crippen molar-refractivity contribution in [3.63, 3.8) is 0 Å². The highest BCUT2D eigenvalue weighted by molar-refractivity contribution is 5.66. The molecule has 2 heteroatoms. The third-order valence-corrected chi connectivity index (χ3v) is 1.75. The van der Waals surface area contributed by atoms with Crippen LogP contribution >= 0.6 is 0 Å². The summed E-state index contributed by atoms with van der Waals surface area (Å²) >= 11 is 0. The maximum absolute atomic E-state index is 10.6. The molecule has 0 fully saturated rings. The van der Waals surface area contributed by atoms with Crippen molar-refractivity contribution in [3.05, 3.63) is 24.3 Å². The second-order valence-corrected chi connectivity index (χ2v) is 2.89. The maximum atomic E-state index is 10.6. The number of allylic oxidation sites excluding steroid dienone is 3. The summed E-state index contributed by atoms with van der Waals surface area (Å²) < 4.78 is 5.07. The van der Waals surface area contributed by atoms with E-state index >= 15 is 0 Å². The van der Waals surface area contributed by atoms with Crippen molar-refractivity contribution in [1.82, 2.24) is 0 Å². The van der Waals surface area contributed by atoms with Crippen LogP contribution in [0.2, 0.25) is 0 Å². The van der Waals surface area contributed by atoms with Crippen molar-refractivity contribution in [2.75, 3.05) is 0 Å². The van der Waals surface area contributed by atoms with Gasteiger partial charge in [0, 0.05) is 6.92 Å². The van der Waals surface area contributed by atoms with Gasteiger partial charge in [-0.2, -0.15) is 0 Å². The molecule has 0 spiro atoms. The fourth-order valence-corrected chi connectivity index (χ4v) is 1.21. The van der Waals surface area contributed by atoms with E-state index in [1.807, 2.05) is 18.2 Å². The van der Waals surface area contributed by atoms with Crippen LogP contribution in [0.3, 0.4) is 0 Å². The fraction of sp³-hybridized carbons (Fsp3) is 0.500. The van der Waals surface area contributed by atoms with Gasteiger partial charge in [0.25, 0.3) is 0 Å². The van der Waals surface area contributed by atoms with E-state index in [9.17, 15) is 4.79 Å². The Bertz CT molecular complexity index is 204. The Balaban J connectivity index is 2.45. The van der Waals surface area contributed by atoms with E-state index in [-0.39, 0.29) is 12.1 Å². The second-order valence-electron chi connectivity index (χ2n) is 2.89. The quantitative estimate of drug-likeness (QED) is 0.558. The molecule has 1 aliphatic carbocycles. The van der Waals surface area contributed by atoms with Crippen LogP contribution in [0, 0.1) is 0 Å². The fourth-order valence-electron chi connectivity index (χ4n) is 1.21. The van der Waals surface area contributed by atoms with Gasteiger partial charge in [-0.05, 0) is 25.3 Å². The number of ether oxygens (including phenoxy) is 1. The lowest BCUT2D eigenvalue weighted by Gasteiger charge is -2.12. The van der Waals surface area contributed by atoms with E-state index in [0.717, 1.165) is 19.3 Å². The summed E-state index contributed by atoms with van der Waals surface area (Å²) in [6.45, 7) is 1.45. The zero-order valence-corrected chi connectivity index (χ0v) is 7.32. The molecule has 0 heterocycles. The zero-order chi connectivity index (χ0) is 8.81. The molecule has 1 rings (SSSR count). The molecule has 1 aliphatic rings. The molecule has 0 radical (unpaired) electrons. The van der Waals surface area contributed by atoms with Gasteiger partial charge in [-0.3, -0.25) is 4.79 Å². The minimum atomic E-state index is -0.200. The highest BCUT2D eigenvalue weighted by Gasteiger charge is 2.07. The Kier molecular flexibility index (Phi) is 3.58. The van der Waals surface area contributed by atoms with Gasteiger partial charge in [0.15, 0.2) is 0 Å². The molecule has 0 bridgehead atoms. The molecule has 2 nitrogen and oxygen atoms in total. The molecule has 0 saturated heterocycles. The molecule has 0 aromatic carbocycles. The Hall–Kier alpha value is -1.05. The SMILES string of the molecule is CC(=O)OC1C=CC=CCCC1. The molecular formula is C10H14O2. The first kappa shape index (κ1) is 9.04. The Labute approximate surface area is 72.9 Å². The minimum Gasteiger partial charge on any atom is -0.458 e. The number of rotatable bonds is 1. The highest BCUT2D eigenvalue weighted by Crippen LogP contribution is 2.10. The molecule has 0 saturated carbocycles. The third-order valence-electron chi connectivity index (χ3n) is 1.75. The van der Waals surface area contributed by atoms with Gasteiger partial charge >= 0.3 is 5.97 Å².